The summed E-state index contributed by atoms with van der Waals surface area (Å²) in [5, 5.41) is 4.07. The number of carbonyl (C=O) groups excluding carboxylic acids is 2. The standard InChI is InChI=1S/C28H29Cl2NO6/c1-15-25(28(33)37-10-9-34-2)26(17-5-7-19(29)20(30)11-17)27-21(31-15)12-18(13-22(27)32)16-6-8-23(35-3)24(14-16)36-4/h5-8,11,14,18,26,31H,9-10,12-13H2,1-4H3/t18-,26-/m1/s1. The van der Waals surface area contributed by atoms with Gasteiger partial charge in [-0.15, -0.1) is 0 Å². The fraction of sp³-hybridized carbons (Fsp3) is 0.357. The molecule has 9 heteroatoms. The molecule has 37 heavy (non-hydrogen) atoms. The van der Waals surface area contributed by atoms with Crippen molar-refractivity contribution in [3.8, 4) is 11.5 Å². The normalized spacial score (nSPS) is 19.4. The van der Waals surface area contributed by atoms with E-state index in [0.717, 1.165) is 11.3 Å². The van der Waals surface area contributed by atoms with E-state index in [0.29, 0.717) is 50.4 Å². The molecule has 0 radical (unpaired) electrons. The van der Waals surface area contributed by atoms with Crippen LogP contribution in [0.25, 0.3) is 0 Å². The average molecular weight is 546 g/mol. The van der Waals surface area contributed by atoms with Crippen LogP contribution >= 0.6 is 23.2 Å². The van der Waals surface area contributed by atoms with Crippen molar-refractivity contribution in [1.82, 2.24) is 5.32 Å². The van der Waals surface area contributed by atoms with Crippen LogP contribution in [0.1, 0.15) is 42.7 Å². The predicted molar refractivity (Wildman–Crippen MR) is 141 cm³/mol. The van der Waals surface area contributed by atoms with Crippen molar-refractivity contribution >= 4 is 35.0 Å². The summed E-state index contributed by atoms with van der Waals surface area (Å²) in [6.07, 6.45) is 0.858. The Bertz CT molecular complexity index is 1290. The van der Waals surface area contributed by atoms with Gasteiger partial charge in [-0.3, -0.25) is 4.79 Å². The molecular formula is C28H29Cl2NO6. The molecule has 2 aromatic carbocycles. The van der Waals surface area contributed by atoms with Gasteiger partial charge < -0.3 is 24.3 Å². The van der Waals surface area contributed by atoms with Crippen molar-refractivity contribution in [3.63, 3.8) is 0 Å². The van der Waals surface area contributed by atoms with Crippen molar-refractivity contribution in [2.45, 2.75) is 31.6 Å². The van der Waals surface area contributed by atoms with E-state index in [9.17, 15) is 9.59 Å². The number of nitrogens with one attached hydrogen (secondary N) is 1. The quantitative estimate of drug-likeness (QED) is 0.343. The van der Waals surface area contributed by atoms with Crippen LogP contribution in [0.5, 0.6) is 11.5 Å². The van der Waals surface area contributed by atoms with Crippen LogP contribution in [0.4, 0.5) is 0 Å². The van der Waals surface area contributed by atoms with E-state index in [2.05, 4.69) is 5.32 Å². The maximum absolute atomic E-state index is 13.8. The second-order valence-electron chi connectivity index (χ2n) is 8.93. The zero-order chi connectivity index (χ0) is 26.7. The zero-order valence-electron chi connectivity index (χ0n) is 21.2. The molecule has 2 aliphatic rings. The van der Waals surface area contributed by atoms with E-state index < -0.39 is 11.9 Å². The van der Waals surface area contributed by atoms with Crippen LogP contribution in [-0.2, 0) is 19.1 Å². The van der Waals surface area contributed by atoms with Gasteiger partial charge in [0.25, 0.3) is 0 Å². The number of benzene rings is 2. The first-order valence-electron chi connectivity index (χ1n) is 11.9. The number of dihydropyridines is 1. The van der Waals surface area contributed by atoms with Gasteiger partial charge in [0.1, 0.15) is 6.61 Å². The summed E-state index contributed by atoms with van der Waals surface area (Å²) in [7, 11) is 4.70. The highest BCUT2D eigenvalue weighted by Gasteiger charge is 2.41. The van der Waals surface area contributed by atoms with Gasteiger partial charge in [-0.05, 0) is 54.7 Å². The fourth-order valence-electron chi connectivity index (χ4n) is 4.97. The van der Waals surface area contributed by atoms with Crippen molar-refractivity contribution in [2.24, 2.45) is 0 Å². The lowest BCUT2D eigenvalue weighted by Crippen LogP contribution is -2.36. The van der Waals surface area contributed by atoms with E-state index >= 15 is 0 Å². The molecule has 0 bridgehead atoms. The fourth-order valence-corrected chi connectivity index (χ4v) is 5.28. The predicted octanol–water partition coefficient (Wildman–Crippen LogP) is 5.56. The lowest BCUT2D eigenvalue weighted by atomic mass is 9.71. The number of hydrogen-bond acceptors (Lipinski definition) is 7. The van der Waals surface area contributed by atoms with Crippen LogP contribution in [0.15, 0.2) is 58.9 Å². The largest absolute Gasteiger partial charge is 0.493 e. The van der Waals surface area contributed by atoms with Crippen LogP contribution < -0.4 is 14.8 Å². The number of rotatable bonds is 8. The minimum atomic E-state index is -0.639. The van der Waals surface area contributed by atoms with Crippen LogP contribution in [0, 0.1) is 0 Å². The Morgan fingerprint density at radius 2 is 1.68 bits per heavy atom. The van der Waals surface area contributed by atoms with E-state index in [1.165, 1.54) is 7.11 Å². The van der Waals surface area contributed by atoms with Crippen LogP contribution in [-0.4, -0.2) is 46.3 Å². The summed E-state index contributed by atoms with van der Waals surface area (Å²) in [6, 6.07) is 10.9. The Labute approximate surface area is 226 Å². The third kappa shape index (κ3) is 5.49. The summed E-state index contributed by atoms with van der Waals surface area (Å²) in [4.78, 5) is 27.0. The maximum Gasteiger partial charge on any atom is 0.336 e. The van der Waals surface area contributed by atoms with Gasteiger partial charge in [-0.25, -0.2) is 4.79 Å². The van der Waals surface area contributed by atoms with Crippen molar-refractivity contribution in [1.29, 1.82) is 0 Å². The first-order chi connectivity index (χ1) is 17.8. The Kier molecular flexibility index (Phi) is 8.47. The number of methoxy groups -OCH3 is 3. The van der Waals surface area contributed by atoms with Gasteiger partial charge >= 0.3 is 5.97 Å². The Morgan fingerprint density at radius 1 is 0.946 bits per heavy atom. The van der Waals surface area contributed by atoms with Crippen molar-refractivity contribution < 1.29 is 28.5 Å². The number of allylic oxidation sites excluding steroid dienone is 3. The summed E-state index contributed by atoms with van der Waals surface area (Å²) in [5.74, 6) is -0.0523. The van der Waals surface area contributed by atoms with E-state index in [1.54, 1.807) is 32.4 Å². The molecule has 0 unspecified atom stereocenters. The molecule has 4 rings (SSSR count). The molecule has 0 saturated heterocycles. The molecule has 0 aromatic heterocycles. The minimum absolute atomic E-state index is 0.0562. The highest BCUT2D eigenvalue weighted by Crippen LogP contribution is 2.47. The number of esters is 1. The molecule has 1 N–H and O–H groups in total. The molecule has 1 heterocycles. The van der Waals surface area contributed by atoms with Crippen molar-refractivity contribution in [2.75, 3.05) is 34.5 Å². The summed E-state index contributed by atoms with van der Waals surface area (Å²) < 4.78 is 21.3. The monoisotopic (exact) mass is 545 g/mol. The molecule has 2 atom stereocenters. The summed E-state index contributed by atoms with van der Waals surface area (Å²) in [6.45, 7) is 2.18. The van der Waals surface area contributed by atoms with E-state index in [1.807, 2.05) is 25.1 Å². The average Bonchev–Trinajstić information content (AvgIpc) is 2.88. The topological polar surface area (TPSA) is 83.1 Å². The molecule has 0 saturated carbocycles. The van der Waals surface area contributed by atoms with Crippen LogP contribution in [0.2, 0.25) is 10.0 Å². The van der Waals surface area contributed by atoms with E-state index in [-0.39, 0.29) is 31.3 Å². The van der Waals surface area contributed by atoms with Gasteiger partial charge in [0, 0.05) is 36.4 Å². The van der Waals surface area contributed by atoms with E-state index in [4.69, 9.17) is 42.1 Å². The van der Waals surface area contributed by atoms with Gasteiger partial charge in [0.15, 0.2) is 17.3 Å². The highest BCUT2D eigenvalue weighted by molar-refractivity contribution is 6.42. The smallest absolute Gasteiger partial charge is 0.336 e. The first-order valence-corrected chi connectivity index (χ1v) is 12.6. The number of hydrogen-bond donors (Lipinski definition) is 1. The number of carbonyl (C=O) groups is 2. The molecule has 2 aromatic rings. The molecular weight excluding hydrogens is 517 g/mol. The second-order valence-corrected chi connectivity index (χ2v) is 9.75. The Balaban J connectivity index is 1.75. The highest BCUT2D eigenvalue weighted by atomic mass is 35.5. The number of ether oxygens (including phenoxy) is 4. The first kappa shape index (κ1) is 27.0. The van der Waals surface area contributed by atoms with Gasteiger partial charge in [0.2, 0.25) is 0 Å². The van der Waals surface area contributed by atoms with Gasteiger partial charge in [-0.1, -0.05) is 35.3 Å². The molecule has 0 fully saturated rings. The molecule has 7 nitrogen and oxygen atoms in total. The second kappa shape index (κ2) is 11.6. The lowest BCUT2D eigenvalue weighted by molar-refractivity contribution is -0.140. The number of Topliss-reactive ketones (excluding diaryl/α,β-unsaturated/α-hetero) is 1. The molecule has 0 amide bonds. The van der Waals surface area contributed by atoms with Crippen LogP contribution in [0.3, 0.4) is 0 Å². The van der Waals surface area contributed by atoms with Gasteiger partial charge in [-0.2, -0.15) is 0 Å². The maximum atomic E-state index is 13.8. The molecule has 1 aliphatic carbocycles. The number of halogens is 2. The van der Waals surface area contributed by atoms with Crippen molar-refractivity contribution in [3.05, 3.63) is 80.1 Å². The molecule has 0 spiro atoms. The Hall–Kier alpha value is -3.00. The minimum Gasteiger partial charge on any atom is -0.493 e. The zero-order valence-corrected chi connectivity index (χ0v) is 22.7. The lowest BCUT2D eigenvalue weighted by Gasteiger charge is -2.37. The molecule has 1 aliphatic heterocycles. The SMILES string of the molecule is COCCOC(=O)C1=C(C)NC2=C(C(=O)C[C@H](c3ccc(OC)c(OC)c3)C2)[C@@H]1c1ccc(Cl)c(Cl)c1. The Morgan fingerprint density at radius 3 is 2.35 bits per heavy atom. The molecule has 196 valence electrons. The number of ketones is 1. The van der Waals surface area contributed by atoms with Gasteiger partial charge in [0.05, 0.1) is 36.4 Å². The third-order valence-corrected chi connectivity index (χ3v) is 7.46. The summed E-state index contributed by atoms with van der Waals surface area (Å²) in [5.41, 5.74) is 3.97. The third-order valence-electron chi connectivity index (χ3n) is 6.72. The summed E-state index contributed by atoms with van der Waals surface area (Å²) >= 11 is 12.5.